The van der Waals surface area contributed by atoms with Gasteiger partial charge < -0.3 is 10.1 Å². The van der Waals surface area contributed by atoms with Crippen LogP contribution in [0.5, 0.6) is 0 Å². The molecule has 0 unspecified atom stereocenters. The Labute approximate surface area is 202 Å². The molecule has 0 spiro atoms. The van der Waals surface area contributed by atoms with Gasteiger partial charge in [-0.25, -0.2) is 4.79 Å². The maximum atomic E-state index is 13.3. The zero-order valence-electron chi connectivity index (χ0n) is 18.5. The first kappa shape index (κ1) is 22.6. The maximum Gasteiger partial charge on any atom is 0.330 e. The van der Waals surface area contributed by atoms with E-state index in [2.05, 4.69) is 5.32 Å². The highest BCUT2D eigenvalue weighted by atomic mass is 35.5. The lowest BCUT2D eigenvalue weighted by Crippen LogP contribution is -2.48. The largest absolute Gasteiger partial charge is 0.454 e. The van der Waals surface area contributed by atoms with Crippen molar-refractivity contribution in [2.75, 3.05) is 11.9 Å². The Balaban J connectivity index is 1.32. The number of nitrogens with zero attached hydrogens (tertiary/aromatic N) is 1. The van der Waals surface area contributed by atoms with Crippen LogP contribution in [0.1, 0.15) is 24.8 Å². The monoisotopic (exact) mass is 480 g/mol. The van der Waals surface area contributed by atoms with E-state index in [0.29, 0.717) is 10.7 Å². The molecular formula is C26H25ClN2O5. The average molecular weight is 481 g/mol. The molecule has 3 amide bonds. The summed E-state index contributed by atoms with van der Waals surface area (Å²) in [6, 6.07) is 14.7. The van der Waals surface area contributed by atoms with Gasteiger partial charge in [0.2, 0.25) is 11.8 Å². The molecule has 34 heavy (non-hydrogen) atoms. The van der Waals surface area contributed by atoms with E-state index in [0.717, 1.165) is 29.7 Å². The minimum Gasteiger partial charge on any atom is -0.454 e. The van der Waals surface area contributed by atoms with E-state index in [1.807, 2.05) is 30.3 Å². The minimum absolute atomic E-state index is 0.141. The Hall–Kier alpha value is -3.19. The van der Waals surface area contributed by atoms with Crippen LogP contribution < -0.4 is 5.32 Å². The van der Waals surface area contributed by atoms with Gasteiger partial charge in [0.15, 0.2) is 6.61 Å². The zero-order chi connectivity index (χ0) is 23.8. The number of halogens is 1. The fourth-order valence-electron chi connectivity index (χ4n) is 5.85. The summed E-state index contributed by atoms with van der Waals surface area (Å²) < 4.78 is 5.31. The topological polar surface area (TPSA) is 92.8 Å². The summed E-state index contributed by atoms with van der Waals surface area (Å²) in [6.45, 7) is -0.537. The standard InChI is InChI=1S/C26H25ClN2O5/c27-18-7-4-8-19(13-18)28-21(30)14-34-26(33)20(11-15-5-2-1-3-6-15)29-24(31)22-16-9-10-17(12-16)23(22)25(29)32/h1-8,13,16-17,20,22-23H,9-12,14H2,(H,28,30)/t16-,17-,20-,22-,23+/m0/s1. The number of anilines is 1. The maximum absolute atomic E-state index is 13.3. The Kier molecular flexibility index (Phi) is 6.13. The molecule has 1 N–H and O–H groups in total. The first-order valence-corrected chi connectivity index (χ1v) is 11.9. The summed E-state index contributed by atoms with van der Waals surface area (Å²) >= 11 is 5.93. The van der Waals surface area contributed by atoms with Crippen molar-refractivity contribution in [3.63, 3.8) is 0 Å². The summed E-state index contributed by atoms with van der Waals surface area (Å²) in [5.41, 5.74) is 1.27. The van der Waals surface area contributed by atoms with Crippen molar-refractivity contribution < 1.29 is 23.9 Å². The molecule has 2 saturated carbocycles. The van der Waals surface area contributed by atoms with Crippen LogP contribution in [0, 0.1) is 23.7 Å². The number of benzene rings is 2. The van der Waals surface area contributed by atoms with E-state index in [1.165, 1.54) is 0 Å². The second-order valence-corrected chi connectivity index (χ2v) is 9.74. The molecule has 1 aliphatic heterocycles. The smallest absolute Gasteiger partial charge is 0.330 e. The van der Waals surface area contributed by atoms with E-state index in [4.69, 9.17) is 16.3 Å². The molecule has 3 fully saturated rings. The number of amides is 3. The predicted octanol–water partition coefficient (Wildman–Crippen LogP) is 3.46. The molecule has 176 valence electrons. The lowest BCUT2D eigenvalue weighted by atomic mass is 9.81. The summed E-state index contributed by atoms with van der Waals surface area (Å²) in [5, 5.41) is 3.08. The van der Waals surface area contributed by atoms with Gasteiger partial charge in [0, 0.05) is 17.1 Å². The van der Waals surface area contributed by atoms with Gasteiger partial charge in [0.1, 0.15) is 6.04 Å². The third kappa shape index (κ3) is 4.20. The zero-order valence-corrected chi connectivity index (χ0v) is 19.2. The minimum atomic E-state index is -1.11. The summed E-state index contributed by atoms with van der Waals surface area (Å²) in [7, 11) is 0. The number of hydrogen-bond donors (Lipinski definition) is 1. The fraction of sp³-hybridized carbons (Fsp3) is 0.385. The SMILES string of the molecule is O=C(COC(=O)[C@H](Cc1ccccc1)N1C(=O)[C@@H]2[C@H]3CC[C@@H](C3)[C@@H]2C1=O)Nc1cccc(Cl)c1. The summed E-state index contributed by atoms with van der Waals surface area (Å²) in [5.74, 6) is -2.08. The first-order valence-electron chi connectivity index (χ1n) is 11.6. The van der Waals surface area contributed by atoms with Crippen LogP contribution in [0.15, 0.2) is 54.6 Å². The predicted molar refractivity (Wildman–Crippen MR) is 125 cm³/mol. The number of fused-ring (bicyclic) bond motifs is 5. The number of carbonyl (C=O) groups is 4. The molecule has 2 aromatic carbocycles. The number of nitrogens with one attached hydrogen (secondary N) is 1. The number of hydrogen-bond acceptors (Lipinski definition) is 5. The van der Waals surface area contributed by atoms with E-state index in [-0.39, 0.29) is 41.9 Å². The number of likely N-dealkylation sites (tertiary alicyclic amines) is 1. The van der Waals surface area contributed by atoms with Crippen molar-refractivity contribution in [2.24, 2.45) is 23.7 Å². The lowest BCUT2D eigenvalue weighted by Gasteiger charge is -2.26. The number of rotatable bonds is 7. The Morgan fingerprint density at radius 3 is 2.32 bits per heavy atom. The lowest BCUT2D eigenvalue weighted by molar-refractivity contribution is -0.160. The molecule has 7 nitrogen and oxygen atoms in total. The quantitative estimate of drug-likeness (QED) is 0.484. The van der Waals surface area contributed by atoms with Crippen LogP contribution in [0.3, 0.4) is 0 Å². The van der Waals surface area contributed by atoms with Crippen LogP contribution in [0.2, 0.25) is 5.02 Å². The molecule has 3 aliphatic rings. The third-order valence-electron chi connectivity index (χ3n) is 7.27. The third-order valence-corrected chi connectivity index (χ3v) is 7.51. The molecule has 0 aromatic heterocycles. The molecule has 2 aromatic rings. The van der Waals surface area contributed by atoms with E-state index in [1.54, 1.807) is 24.3 Å². The molecule has 0 radical (unpaired) electrons. The second-order valence-electron chi connectivity index (χ2n) is 9.30. The molecule has 2 aliphatic carbocycles. The number of ether oxygens (including phenoxy) is 1. The van der Waals surface area contributed by atoms with Crippen molar-refractivity contribution in [3.05, 3.63) is 65.2 Å². The Bertz CT molecular complexity index is 1110. The van der Waals surface area contributed by atoms with Gasteiger partial charge in [0.25, 0.3) is 5.91 Å². The highest BCUT2D eigenvalue weighted by Gasteiger charge is 2.62. The van der Waals surface area contributed by atoms with Crippen LogP contribution in [-0.4, -0.2) is 41.2 Å². The molecule has 8 heteroatoms. The number of imide groups is 1. The van der Waals surface area contributed by atoms with Crippen LogP contribution in [-0.2, 0) is 30.3 Å². The highest BCUT2D eigenvalue weighted by molar-refractivity contribution is 6.30. The normalized spacial score (nSPS) is 25.9. The van der Waals surface area contributed by atoms with Gasteiger partial charge in [-0.3, -0.25) is 19.3 Å². The number of esters is 1. The fourth-order valence-corrected chi connectivity index (χ4v) is 6.04. The highest BCUT2D eigenvalue weighted by Crippen LogP contribution is 2.56. The van der Waals surface area contributed by atoms with Crippen LogP contribution in [0.25, 0.3) is 0 Å². The molecular weight excluding hydrogens is 456 g/mol. The molecule has 5 rings (SSSR count). The molecule has 1 saturated heterocycles. The summed E-state index contributed by atoms with van der Waals surface area (Å²) in [6.07, 6.45) is 2.96. The van der Waals surface area contributed by atoms with E-state index < -0.39 is 24.5 Å². The van der Waals surface area contributed by atoms with Gasteiger partial charge in [-0.2, -0.15) is 0 Å². The van der Waals surface area contributed by atoms with Crippen molar-refractivity contribution in [1.29, 1.82) is 0 Å². The summed E-state index contributed by atoms with van der Waals surface area (Å²) in [4.78, 5) is 53.3. The Morgan fingerprint density at radius 2 is 1.68 bits per heavy atom. The van der Waals surface area contributed by atoms with Gasteiger partial charge in [-0.1, -0.05) is 48.0 Å². The van der Waals surface area contributed by atoms with E-state index >= 15 is 0 Å². The van der Waals surface area contributed by atoms with Crippen LogP contribution in [0.4, 0.5) is 5.69 Å². The molecule has 5 atom stereocenters. The average Bonchev–Trinajstić information content (AvgIpc) is 3.51. The van der Waals surface area contributed by atoms with Crippen molar-refractivity contribution >= 4 is 41.0 Å². The second kappa shape index (κ2) is 9.22. The van der Waals surface area contributed by atoms with Gasteiger partial charge >= 0.3 is 5.97 Å². The van der Waals surface area contributed by atoms with Crippen molar-refractivity contribution in [2.45, 2.75) is 31.7 Å². The van der Waals surface area contributed by atoms with Gasteiger partial charge in [-0.05, 0) is 54.9 Å². The van der Waals surface area contributed by atoms with E-state index in [9.17, 15) is 19.2 Å². The molecule has 2 bridgehead atoms. The van der Waals surface area contributed by atoms with Gasteiger partial charge in [-0.15, -0.1) is 0 Å². The first-order chi connectivity index (χ1) is 16.4. The van der Waals surface area contributed by atoms with Gasteiger partial charge in [0.05, 0.1) is 11.8 Å². The molecule has 1 heterocycles. The Morgan fingerprint density at radius 1 is 1.00 bits per heavy atom. The van der Waals surface area contributed by atoms with Crippen LogP contribution >= 0.6 is 11.6 Å². The van der Waals surface area contributed by atoms with Crippen molar-refractivity contribution in [1.82, 2.24) is 4.90 Å². The number of carbonyl (C=O) groups excluding carboxylic acids is 4. The van der Waals surface area contributed by atoms with Crippen molar-refractivity contribution in [3.8, 4) is 0 Å².